The first kappa shape index (κ1) is 10.0. The highest BCUT2D eigenvalue weighted by atomic mass is 16.5. The van der Waals surface area contributed by atoms with Gasteiger partial charge in [0.1, 0.15) is 5.54 Å². The van der Waals surface area contributed by atoms with Gasteiger partial charge in [0.2, 0.25) is 5.91 Å². The van der Waals surface area contributed by atoms with Gasteiger partial charge >= 0.3 is 0 Å². The number of carbonyl (C=O) groups is 1. The van der Waals surface area contributed by atoms with E-state index in [1.165, 1.54) is 0 Å². The minimum absolute atomic E-state index is 0.226. The highest BCUT2D eigenvalue weighted by Gasteiger charge is 2.38. The predicted octanol–water partition coefficient (Wildman–Crippen LogP) is -0.758. The van der Waals surface area contributed by atoms with Crippen LogP contribution in [0.2, 0.25) is 0 Å². The largest absolute Gasteiger partial charge is 0.379 e. The van der Waals surface area contributed by atoms with Crippen LogP contribution in [0.25, 0.3) is 0 Å². The van der Waals surface area contributed by atoms with Crippen molar-refractivity contribution in [2.75, 3.05) is 13.2 Å². The van der Waals surface area contributed by atoms with E-state index in [1.807, 2.05) is 0 Å². The minimum atomic E-state index is -0.884. The molecule has 0 aliphatic carbocycles. The second-order valence-electron chi connectivity index (χ2n) is 3.32. The Morgan fingerprint density at radius 2 is 2.54 bits per heavy atom. The molecule has 13 heavy (non-hydrogen) atoms. The minimum Gasteiger partial charge on any atom is -0.379 e. The maximum atomic E-state index is 11.5. The van der Waals surface area contributed by atoms with Crippen molar-refractivity contribution in [3.63, 3.8) is 0 Å². The van der Waals surface area contributed by atoms with E-state index in [9.17, 15) is 4.79 Å². The lowest BCUT2D eigenvalue weighted by Crippen LogP contribution is -2.56. The van der Waals surface area contributed by atoms with Gasteiger partial charge in [0.05, 0.1) is 12.6 Å². The number of terminal acetylenes is 1. The molecule has 4 nitrogen and oxygen atoms in total. The molecular formula is C9H14N2O2. The SMILES string of the molecule is C#CC(C)NC(=O)C1(N)CCOC1. The second-order valence-corrected chi connectivity index (χ2v) is 3.32. The van der Waals surface area contributed by atoms with Crippen LogP contribution in [-0.2, 0) is 9.53 Å². The van der Waals surface area contributed by atoms with Gasteiger partial charge in [0, 0.05) is 6.61 Å². The summed E-state index contributed by atoms with van der Waals surface area (Å²) in [6.07, 6.45) is 5.68. The summed E-state index contributed by atoms with van der Waals surface area (Å²) in [6.45, 7) is 2.54. The van der Waals surface area contributed by atoms with E-state index in [1.54, 1.807) is 6.92 Å². The lowest BCUT2D eigenvalue weighted by atomic mass is 9.99. The number of hydrogen-bond acceptors (Lipinski definition) is 3. The first-order valence-corrected chi connectivity index (χ1v) is 4.22. The Kier molecular flexibility index (Phi) is 2.91. The van der Waals surface area contributed by atoms with Gasteiger partial charge in [-0.05, 0) is 13.3 Å². The molecule has 0 aromatic heterocycles. The van der Waals surface area contributed by atoms with Gasteiger partial charge < -0.3 is 15.8 Å². The van der Waals surface area contributed by atoms with E-state index in [4.69, 9.17) is 16.9 Å². The molecule has 1 heterocycles. The zero-order valence-corrected chi connectivity index (χ0v) is 7.67. The molecule has 3 N–H and O–H groups in total. The standard InChI is InChI=1S/C9H14N2O2/c1-3-7(2)11-8(12)9(10)4-5-13-6-9/h1,7H,4-6,10H2,2H3,(H,11,12). The van der Waals surface area contributed by atoms with E-state index in [-0.39, 0.29) is 18.6 Å². The molecule has 2 unspecified atom stereocenters. The van der Waals surface area contributed by atoms with Crippen molar-refractivity contribution in [3.8, 4) is 12.3 Å². The third-order valence-electron chi connectivity index (χ3n) is 2.10. The van der Waals surface area contributed by atoms with E-state index < -0.39 is 5.54 Å². The normalized spacial score (nSPS) is 29.3. The maximum Gasteiger partial charge on any atom is 0.243 e. The first-order valence-electron chi connectivity index (χ1n) is 4.22. The fraction of sp³-hybridized carbons (Fsp3) is 0.667. The lowest BCUT2D eigenvalue weighted by Gasteiger charge is -2.21. The van der Waals surface area contributed by atoms with E-state index in [0.717, 1.165) is 0 Å². The van der Waals surface area contributed by atoms with Crippen molar-refractivity contribution < 1.29 is 9.53 Å². The van der Waals surface area contributed by atoms with Crippen molar-refractivity contribution in [3.05, 3.63) is 0 Å². The molecular weight excluding hydrogens is 168 g/mol. The van der Waals surface area contributed by atoms with E-state index in [2.05, 4.69) is 11.2 Å². The van der Waals surface area contributed by atoms with Crippen molar-refractivity contribution in [1.82, 2.24) is 5.32 Å². The first-order chi connectivity index (χ1) is 6.08. The number of rotatable bonds is 2. The molecule has 0 aromatic carbocycles. The van der Waals surface area contributed by atoms with Crippen molar-refractivity contribution in [2.24, 2.45) is 5.73 Å². The summed E-state index contributed by atoms with van der Waals surface area (Å²) in [4.78, 5) is 11.5. The Balaban J connectivity index is 2.52. The Morgan fingerprint density at radius 1 is 1.85 bits per heavy atom. The number of nitrogens with two attached hydrogens (primary N) is 1. The van der Waals surface area contributed by atoms with Crippen LogP contribution in [0.3, 0.4) is 0 Å². The monoisotopic (exact) mass is 182 g/mol. The summed E-state index contributed by atoms with van der Waals surface area (Å²) in [7, 11) is 0. The van der Waals surface area contributed by atoms with Crippen LogP contribution in [0, 0.1) is 12.3 Å². The van der Waals surface area contributed by atoms with Crippen molar-refractivity contribution in [2.45, 2.75) is 24.9 Å². The summed E-state index contributed by atoms with van der Waals surface area (Å²) in [5, 5.41) is 2.63. The number of nitrogens with one attached hydrogen (secondary N) is 1. The van der Waals surface area contributed by atoms with Gasteiger partial charge in [-0.15, -0.1) is 6.42 Å². The number of ether oxygens (including phenoxy) is 1. The molecule has 1 amide bonds. The van der Waals surface area contributed by atoms with Gasteiger partial charge in [0.25, 0.3) is 0 Å². The van der Waals surface area contributed by atoms with Crippen LogP contribution in [0.1, 0.15) is 13.3 Å². The highest BCUT2D eigenvalue weighted by molar-refractivity contribution is 5.87. The van der Waals surface area contributed by atoms with E-state index in [0.29, 0.717) is 13.0 Å². The van der Waals surface area contributed by atoms with Gasteiger partial charge in [-0.25, -0.2) is 0 Å². The van der Waals surface area contributed by atoms with Crippen LogP contribution >= 0.6 is 0 Å². The molecule has 1 saturated heterocycles. The average Bonchev–Trinajstić information content (AvgIpc) is 2.53. The second kappa shape index (κ2) is 3.77. The fourth-order valence-electron chi connectivity index (χ4n) is 1.14. The molecule has 1 aliphatic heterocycles. The predicted molar refractivity (Wildman–Crippen MR) is 48.8 cm³/mol. The van der Waals surface area contributed by atoms with Crippen LogP contribution in [0.15, 0.2) is 0 Å². The van der Waals surface area contributed by atoms with Crippen LogP contribution in [0.5, 0.6) is 0 Å². The molecule has 1 fully saturated rings. The Labute approximate surface area is 77.8 Å². The molecule has 4 heteroatoms. The third kappa shape index (κ3) is 2.20. The quantitative estimate of drug-likeness (QED) is 0.552. The Bertz CT molecular complexity index is 238. The summed E-state index contributed by atoms with van der Waals surface area (Å²) in [5.41, 5.74) is 4.92. The highest BCUT2D eigenvalue weighted by Crippen LogP contribution is 2.15. The number of hydrogen-bond donors (Lipinski definition) is 2. The van der Waals surface area contributed by atoms with Gasteiger partial charge in [-0.3, -0.25) is 4.79 Å². The summed E-state index contributed by atoms with van der Waals surface area (Å²) in [5.74, 6) is 2.18. The lowest BCUT2D eigenvalue weighted by molar-refractivity contribution is -0.126. The third-order valence-corrected chi connectivity index (χ3v) is 2.10. The summed E-state index contributed by atoms with van der Waals surface area (Å²) in [6, 6.07) is -0.284. The van der Waals surface area contributed by atoms with Gasteiger partial charge in [0.15, 0.2) is 0 Å². The molecule has 1 aliphatic rings. The fourth-order valence-corrected chi connectivity index (χ4v) is 1.14. The van der Waals surface area contributed by atoms with Crippen molar-refractivity contribution >= 4 is 5.91 Å². The Hall–Kier alpha value is -1.05. The maximum absolute atomic E-state index is 11.5. The van der Waals surface area contributed by atoms with Gasteiger partial charge in [-0.2, -0.15) is 0 Å². The van der Waals surface area contributed by atoms with Crippen LogP contribution in [-0.4, -0.2) is 30.7 Å². The molecule has 1 rings (SSSR count). The molecule has 2 atom stereocenters. The zero-order chi connectivity index (χ0) is 9.90. The molecule has 0 spiro atoms. The Morgan fingerprint density at radius 3 is 3.00 bits per heavy atom. The molecule has 0 aromatic rings. The smallest absolute Gasteiger partial charge is 0.243 e. The van der Waals surface area contributed by atoms with E-state index >= 15 is 0 Å². The van der Waals surface area contributed by atoms with Crippen LogP contribution in [0.4, 0.5) is 0 Å². The molecule has 0 radical (unpaired) electrons. The summed E-state index contributed by atoms with van der Waals surface area (Å²) < 4.78 is 5.06. The van der Waals surface area contributed by atoms with Crippen molar-refractivity contribution in [1.29, 1.82) is 0 Å². The average molecular weight is 182 g/mol. The zero-order valence-electron chi connectivity index (χ0n) is 7.67. The molecule has 0 saturated carbocycles. The topological polar surface area (TPSA) is 64.4 Å². The molecule has 72 valence electrons. The summed E-state index contributed by atoms with van der Waals surface area (Å²) >= 11 is 0. The number of amides is 1. The molecule has 0 bridgehead atoms. The number of carbonyl (C=O) groups excluding carboxylic acids is 1. The van der Waals surface area contributed by atoms with Gasteiger partial charge in [-0.1, -0.05) is 5.92 Å². The van der Waals surface area contributed by atoms with Crippen LogP contribution < -0.4 is 11.1 Å².